The first-order valence-electron chi connectivity index (χ1n) is 11.2. The fourth-order valence-electron chi connectivity index (χ4n) is 4.12. The minimum Gasteiger partial charge on any atom is -0.496 e. The fraction of sp³-hybridized carbons (Fsp3) is 0.185. The summed E-state index contributed by atoms with van der Waals surface area (Å²) in [5.74, 6) is 1.12. The van der Waals surface area contributed by atoms with Gasteiger partial charge in [-0.25, -0.2) is 0 Å². The van der Waals surface area contributed by atoms with Gasteiger partial charge in [0.25, 0.3) is 5.56 Å². The van der Waals surface area contributed by atoms with Gasteiger partial charge in [-0.3, -0.25) is 18.6 Å². The van der Waals surface area contributed by atoms with E-state index in [2.05, 4.69) is 10.2 Å². The highest BCUT2D eigenvalue weighted by Gasteiger charge is 2.22. The summed E-state index contributed by atoms with van der Waals surface area (Å²) in [6.07, 6.45) is 0. The smallest absolute Gasteiger partial charge is 0.263 e. The first kappa shape index (κ1) is 22.9. The van der Waals surface area contributed by atoms with Gasteiger partial charge in [0.15, 0.2) is 10.9 Å². The van der Waals surface area contributed by atoms with E-state index >= 15 is 0 Å². The molecule has 0 radical (unpaired) electrons. The van der Waals surface area contributed by atoms with E-state index in [0.29, 0.717) is 33.1 Å². The van der Waals surface area contributed by atoms with Crippen molar-refractivity contribution >= 4 is 34.2 Å². The Labute approximate surface area is 206 Å². The quantitative estimate of drug-likeness (QED) is 0.245. The summed E-state index contributed by atoms with van der Waals surface area (Å²) in [6, 6.07) is 22.5. The lowest BCUT2D eigenvalue weighted by molar-refractivity contribution is 0.0994. The van der Waals surface area contributed by atoms with Crippen molar-refractivity contribution in [2.24, 2.45) is 0 Å². The Hall–Kier alpha value is -3.91. The highest BCUT2D eigenvalue weighted by molar-refractivity contribution is 8.00. The molecule has 0 unspecified atom stereocenters. The van der Waals surface area contributed by atoms with E-state index in [-0.39, 0.29) is 17.9 Å². The molecule has 176 valence electrons. The van der Waals surface area contributed by atoms with Crippen molar-refractivity contribution in [2.45, 2.75) is 30.8 Å². The van der Waals surface area contributed by atoms with Crippen LogP contribution in [0, 0.1) is 6.92 Å². The third-order valence-electron chi connectivity index (χ3n) is 5.99. The van der Waals surface area contributed by atoms with Crippen molar-refractivity contribution in [3.05, 3.63) is 99.8 Å². The maximum absolute atomic E-state index is 13.5. The second-order valence-electron chi connectivity index (χ2n) is 8.33. The maximum Gasteiger partial charge on any atom is 0.263 e. The summed E-state index contributed by atoms with van der Waals surface area (Å²) < 4.78 is 8.95. The molecule has 3 aromatic carbocycles. The van der Waals surface area contributed by atoms with Crippen LogP contribution >= 0.6 is 11.8 Å². The predicted molar refractivity (Wildman–Crippen MR) is 138 cm³/mol. The number of Topliss-reactive ketones (excluding diaryl/α,β-unsaturated/α-hetero) is 1. The van der Waals surface area contributed by atoms with Crippen LogP contribution in [0.3, 0.4) is 0 Å². The normalized spacial score (nSPS) is 12.2. The average molecular weight is 485 g/mol. The Kier molecular flexibility index (Phi) is 6.13. The monoisotopic (exact) mass is 484 g/mol. The van der Waals surface area contributed by atoms with E-state index in [4.69, 9.17) is 4.74 Å². The number of benzene rings is 3. The molecule has 1 atom stereocenters. The zero-order valence-corrected chi connectivity index (χ0v) is 20.5. The SMILES string of the molecule is COc1ccccc1Cn1c(=O)c2ccccc2n2c(S[C@@H](C)C(=O)c3ccc(C)cc3)nnc12. The molecule has 8 heteroatoms. The molecule has 0 saturated carbocycles. The minimum atomic E-state index is -0.390. The number of fused-ring (bicyclic) bond motifs is 3. The third kappa shape index (κ3) is 4.21. The van der Waals surface area contributed by atoms with E-state index in [1.807, 2.05) is 85.0 Å². The van der Waals surface area contributed by atoms with Gasteiger partial charge in [-0.2, -0.15) is 0 Å². The molecule has 5 rings (SSSR count). The first-order valence-corrected chi connectivity index (χ1v) is 12.1. The number of hydrogen-bond acceptors (Lipinski definition) is 6. The largest absolute Gasteiger partial charge is 0.496 e. The topological polar surface area (TPSA) is 78.5 Å². The van der Waals surface area contributed by atoms with Crippen molar-refractivity contribution in [1.29, 1.82) is 0 Å². The van der Waals surface area contributed by atoms with Crippen molar-refractivity contribution < 1.29 is 9.53 Å². The maximum atomic E-state index is 13.5. The number of aromatic nitrogens is 4. The molecule has 35 heavy (non-hydrogen) atoms. The van der Waals surface area contributed by atoms with E-state index in [9.17, 15) is 9.59 Å². The van der Waals surface area contributed by atoms with E-state index in [1.54, 1.807) is 17.7 Å². The molecule has 5 aromatic rings. The molecule has 0 saturated heterocycles. The number of thioether (sulfide) groups is 1. The van der Waals surface area contributed by atoms with Crippen LogP contribution in [0.1, 0.15) is 28.4 Å². The zero-order chi connectivity index (χ0) is 24.5. The molecule has 0 aliphatic carbocycles. The fourth-order valence-corrected chi connectivity index (χ4v) is 5.05. The highest BCUT2D eigenvalue weighted by Crippen LogP contribution is 2.28. The number of carbonyl (C=O) groups excluding carboxylic acids is 1. The van der Waals surface area contributed by atoms with Gasteiger partial charge < -0.3 is 4.74 Å². The molecule has 7 nitrogen and oxygen atoms in total. The molecule has 0 fully saturated rings. The Morgan fingerprint density at radius 1 is 1.00 bits per heavy atom. The van der Waals surface area contributed by atoms with Gasteiger partial charge in [0.2, 0.25) is 5.78 Å². The molecular formula is C27H24N4O3S. The number of aryl methyl sites for hydroxylation is 1. The molecular weight excluding hydrogens is 460 g/mol. The standard InChI is InChI=1S/C27H24N4O3S/c1-17-12-14-19(15-13-17)24(32)18(2)35-27-29-28-26-30(16-20-8-4-7-11-23(20)34-3)25(33)21-9-5-6-10-22(21)31(26)27/h4-15,18H,16H2,1-3H3/t18-/m0/s1. The van der Waals surface area contributed by atoms with Gasteiger partial charge >= 0.3 is 0 Å². The third-order valence-corrected chi connectivity index (χ3v) is 7.03. The number of para-hydroxylation sites is 2. The van der Waals surface area contributed by atoms with Crippen LogP contribution in [0.2, 0.25) is 0 Å². The summed E-state index contributed by atoms with van der Waals surface area (Å²) >= 11 is 1.33. The summed E-state index contributed by atoms with van der Waals surface area (Å²) in [4.78, 5) is 26.5. The lowest BCUT2D eigenvalue weighted by atomic mass is 10.1. The Morgan fingerprint density at radius 2 is 1.71 bits per heavy atom. The predicted octanol–water partition coefficient (Wildman–Crippen LogP) is 4.77. The molecule has 2 aromatic heterocycles. The Bertz CT molecular complexity index is 1610. The summed E-state index contributed by atoms with van der Waals surface area (Å²) in [7, 11) is 1.61. The number of carbonyl (C=O) groups is 1. The Balaban J connectivity index is 1.61. The van der Waals surface area contributed by atoms with Crippen LogP contribution in [0.25, 0.3) is 16.7 Å². The van der Waals surface area contributed by atoms with Gasteiger partial charge in [-0.05, 0) is 32.0 Å². The van der Waals surface area contributed by atoms with Crippen LogP contribution in [-0.4, -0.2) is 37.3 Å². The molecule has 0 bridgehead atoms. The summed E-state index contributed by atoms with van der Waals surface area (Å²) in [5, 5.41) is 9.49. The van der Waals surface area contributed by atoms with Gasteiger partial charge in [0.1, 0.15) is 5.75 Å². The van der Waals surface area contributed by atoms with Gasteiger partial charge in [-0.15, -0.1) is 10.2 Å². The number of nitrogens with zero attached hydrogens (tertiary/aromatic N) is 4. The number of ether oxygens (including phenoxy) is 1. The van der Waals surface area contributed by atoms with Crippen LogP contribution in [0.15, 0.2) is 82.7 Å². The van der Waals surface area contributed by atoms with Crippen molar-refractivity contribution in [2.75, 3.05) is 7.11 Å². The van der Waals surface area contributed by atoms with Crippen molar-refractivity contribution in [3.8, 4) is 5.75 Å². The van der Waals surface area contributed by atoms with Crippen molar-refractivity contribution in [3.63, 3.8) is 0 Å². The van der Waals surface area contributed by atoms with Crippen LogP contribution in [-0.2, 0) is 6.54 Å². The second kappa shape index (κ2) is 9.38. The van der Waals surface area contributed by atoms with Crippen LogP contribution < -0.4 is 10.3 Å². The van der Waals surface area contributed by atoms with Crippen LogP contribution in [0.5, 0.6) is 5.75 Å². The highest BCUT2D eigenvalue weighted by atomic mass is 32.2. The van der Waals surface area contributed by atoms with Crippen molar-refractivity contribution in [1.82, 2.24) is 19.2 Å². The molecule has 0 aliphatic rings. The minimum absolute atomic E-state index is 0.0124. The molecule has 0 spiro atoms. The lowest BCUT2D eigenvalue weighted by Crippen LogP contribution is -2.24. The molecule has 0 aliphatic heterocycles. The van der Waals surface area contributed by atoms with E-state index in [1.165, 1.54) is 11.8 Å². The molecule has 2 heterocycles. The second-order valence-corrected chi connectivity index (χ2v) is 9.64. The molecule has 0 amide bonds. The first-order chi connectivity index (χ1) is 17.0. The Morgan fingerprint density at radius 3 is 2.49 bits per heavy atom. The average Bonchev–Trinajstić information content (AvgIpc) is 3.30. The number of methoxy groups -OCH3 is 1. The number of ketones is 1. The van der Waals surface area contributed by atoms with Crippen LogP contribution in [0.4, 0.5) is 0 Å². The molecule has 0 N–H and O–H groups in total. The number of rotatable bonds is 7. The summed E-state index contributed by atoms with van der Waals surface area (Å²) in [6.45, 7) is 4.13. The van der Waals surface area contributed by atoms with Gasteiger partial charge in [-0.1, -0.05) is 71.9 Å². The van der Waals surface area contributed by atoms with E-state index < -0.39 is 5.25 Å². The zero-order valence-electron chi connectivity index (χ0n) is 19.6. The number of hydrogen-bond donors (Lipinski definition) is 0. The lowest BCUT2D eigenvalue weighted by Gasteiger charge is -2.14. The summed E-state index contributed by atoms with van der Waals surface area (Å²) in [5.41, 5.74) is 3.15. The van der Waals surface area contributed by atoms with Gasteiger partial charge in [0, 0.05) is 11.1 Å². The van der Waals surface area contributed by atoms with Gasteiger partial charge in [0.05, 0.1) is 29.8 Å². The van der Waals surface area contributed by atoms with E-state index in [0.717, 1.165) is 11.1 Å².